The van der Waals surface area contributed by atoms with Gasteiger partial charge in [0.25, 0.3) is 0 Å². The number of hydrogen-bond acceptors (Lipinski definition) is 8. The van der Waals surface area contributed by atoms with Gasteiger partial charge in [-0.25, -0.2) is 4.98 Å². The molecule has 1 N–H and O–H groups in total. The van der Waals surface area contributed by atoms with E-state index in [4.69, 9.17) is 9.47 Å². The first-order valence-corrected chi connectivity index (χ1v) is 9.39. The summed E-state index contributed by atoms with van der Waals surface area (Å²) in [5, 5.41) is 14.6. The zero-order chi connectivity index (χ0) is 19.1. The highest BCUT2D eigenvalue weighted by Crippen LogP contribution is 2.34. The predicted octanol–water partition coefficient (Wildman–Crippen LogP) is 3.07. The second-order valence-corrected chi connectivity index (χ2v) is 6.84. The molecule has 144 valence electrons. The molecular formula is C17H20BrN5O4. The summed E-state index contributed by atoms with van der Waals surface area (Å²) in [6.07, 6.45) is 2.09. The van der Waals surface area contributed by atoms with E-state index in [1.165, 1.54) is 6.33 Å². The molecule has 1 aromatic heterocycles. The van der Waals surface area contributed by atoms with Crippen LogP contribution >= 0.6 is 15.9 Å². The quantitative estimate of drug-likeness (QED) is 0.381. The number of benzene rings is 1. The van der Waals surface area contributed by atoms with Crippen LogP contribution < -0.4 is 10.1 Å². The van der Waals surface area contributed by atoms with E-state index in [0.29, 0.717) is 12.3 Å². The highest BCUT2D eigenvalue weighted by molar-refractivity contribution is 9.10. The van der Waals surface area contributed by atoms with Crippen LogP contribution in [0, 0.1) is 10.1 Å². The molecule has 1 saturated heterocycles. The summed E-state index contributed by atoms with van der Waals surface area (Å²) in [5.41, 5.74) is -0.271. The number of nitrogens with zero attached hydrogens (tertiary/aromatic N) is 4. The fourth-order valence-corrected chi connectivity index (χ4v) is 2.94. The maximum atomic E-state index is 11.5. The van der Waals surface area contributed by atoms with Gasteiger partial charge >= 0.3 is 11.6 Å². The van der Waals surface area contributed by atoms with E-state index in [1.54, 1.807) is 24.3 Å². The Bertz CT molecular complexity index is 768. The van der Waals surface area contributed by atoms with E-state index in [2.05, 4.69) is 36.1 Å². The van der Waals surface area contributed by atoms with Crippen molar-refractivity contribution in [1.82, 2.24) is 14.9 Å². The minimum absolute atomic E-state index is 0.0898. The minimum atomic E-state index is -0.529. The molecule has 1 aliphatic rings. The van der Waals surface area contributed by atoms with Gasteiger partial charge in [0, 0.05) is 24.1 Å². The molecule has 10 heteroatoms. The molecule has 9 nitrogen and oxygen atoms in total. The first-order valence-electron chi connectivity index (χ1n) is 8.60. The summed E-state index contributed by atoms with van der Waals surface area (Å²) >= 11 is 3.33. The van der Waals surface area contributed by atoms with Gasteiger partial charge in [-0.15, -0.1) is 0 Å². The third-order valence-electron chi connectivity index (χ3n) is 4.05. The maximum Gasteiger partial charge on any atom is 0.373 e. The lowest BCUT2D eigenvalue weighted by Gasteiger charge is -2.26. The number of anilines is 1. The van der Waals surface area contributed by atoms with Gasteiger partial charge in [-0.1, -0.05) is 15.9 Å². The Morgan fingerprint density at radius 3 is 2.70 bits per heavy atom. The van der Waals surface area contributed by atoms with E-state index in [-0.39, 0.29) is 17.4 Å². The van der Waals surface area contributed by atoms with Crippen LogP contribution in [-0.2, 0) is 4.74 Å². The highest BCUT2D eigenvalue weighted by Gasteiger charge is 2.25. The van der Waals surface area contributed by atoms with Gasteiger partial charge in [0.2, 0.25) is 5.82 Å². The molecule has 0 saturated carbocycles. The van der Waals surface area contributed by atoms with E-state index in [0.717, 1.165) is 43.7 Å². The van der Waals surface area contributed by atoms with Crippen molar-refractivity contribution in [3.05, 3.63) is 45.2 Å². The number of aromatic nitrogens is 2. The lowest BCUT2D eigenvalue weighted by molar-refractivity contribution is -0.385. The summed E-state index contributed by atoms with van der Waals surface area (Å²) in [6, 6.07) is 6.97. The van der Waals surface area contributed by atoms with Crippen LogP contribution in [0.15, 0.2) is 35.1 Å². The second-order valence-electron chi connectivity index (χ2n) is 5.92. The minimum Gasteiger partial charge on any atom is -0.434 e. The molecule has 1 fully saturated rings. The average Bonchev–Trinajstić information content (AvgIpc) is 2.68. The number of nitrogens with one attached hydrogen (secondary N) is 1. The zero-order valence-electron chi connectivity index (χ0n) is 14.6. The molecule has 0 bridgehead atoms. The van der Waals surface area contributed by atoms with Crippen LogP contribution in [-0.4, -0.2) is 59.2 Å². The maximum absolute atomic E-state index is 11.5. The Kier molecular flexibility index (Phi) is 6.91. The molecule has 0 unspecified atom stereocenters. The third-order valence-corrected chi connectivity index (χ3v) is 4.58. The largest absolute Gasteiger partial charge is 0.434 e. The molecular weight excluding hydrogens is 418 g/mol. The molecule has 3 rings (SSSR count). The first kappa shape index (κ1) is 19.5. The van der Waals surface area contributed by atoms with Crippen molar-refractivity contribution in [1.29, 1.82) is 0 Å². The van der Waals surface area contributed by atoms with Gasteiger partial charge in [-0.2, -0.15) is 4.98 Å². The average molecular weight is 438 g/mol. The van der Waals surface area contributed by atoms with Gasteiger partial charge in [0.15, 0.2) is 0 Å². The van der Waals surface area contributed by atoms with Crippen LogP contribution in [0.4, 0.5) is 11.5 Å². The number of rotatable bonds is 8. The van der Waals surface area contributed by atoms with Gasteiger partial charge in [0.05, 0.1) is 18.1 Å². The van der Waals surface area contributed by atoms with E-state index in [9.17, 15) is 10.1 Å². The molecule has 0 aliphatic carbocycles. The Labute approximate surface area is 165 Å². The third kappa shape index (κ3) is 5.59. The summed E-state index contributed by atoms with van der Waals surface area (Å²) in [5.74, 6) is 0.523. The van der Waals surface area contributed by atoms with Gasteiger partial charge in [-0.05, 0) is 37.2 Å². The van der Waals surface area contributed by atoms with Crippen molar-refractivity contribution < 1.29 is 14.4 Å². The van der Waals surface area contributed by atoms with Gasteiger partial charge in [-0.3, -0.25) is 15.0 Å². The van der Waals surface area contributed by atoms with Crippen LogP contribution in [0.5, 0.6) is 11.6 Å². The Balaban J connectivity index is 1.63. The van der Waals surface area contributed by atoms with Crippen molar-refractivity contribution in [3.8, 4) is 11.6 Å². The number of hydrogen-bond donors (Lipinski definition) is 1. The first-order chi connectivity index (χ1) is 13.1. The van der Waals surface area contributed by atoms with E-state index < -0.39 is 4.92 Å². The molecule has 1 aliphatic heterocycles. The van der Waals surface area contributed by atoms with Crippen molar-refractivity contribution in [2.75, 3.05) is 44.7 Å². The number of morpholine rings is 1. The Morgan fingerprint density at radius 1 is 1.26 bits per heavy atom. The number of ether oxygens (including phenoxy) is 2. The number of nitro groups is 1. The van der Waals surface area contributed by atoms with Crippen molar-refractivity contribution in [3.63, 3.8) is 0 Å². The molecule has 0 atom stereocenters. The van der Waals surface area contributed by atoms with Crippen LogP contribution in [0.3, 0.4) is 0 Å². The number of halogens is 1. The second kappa shape index (κ2) is 9.58. The molecule has 2 aromatic rings. The summed E-state index contributed by atoms with van der Waals surface area (Å²) < 4.78 is 11.8. The molecule has 0 amide bonds. The normalized spacial score (nSPS) is 14.7. The predicted molar refractivity (Wildman–Crippen MR) is 103 cm³/mol. The van der Waals surface area contributed by atoms with Gasteiger partial charge in [0.1, 0.15) is 12.1 Å². The van der Waals surface area contributed by atoms with Crippen molar-refractivity contribution in [2.24, 2.45) is 0 Å². The van der Waals surface area contributed by atoms with Crippen molar-refractivity contribution >= 4 is 27.4 Å². The highest BCUT2D eigenvalue weighted by atomic mass is 79.9. The van der Waals surface area contributed by atoms with Gasteiger partial charge < -0.3 is 14.8 Å². The Morgan fingerprint density at radius 2 is 2.00 bits per heavy atom. The summed E-state index contributed by atoms with van der Waals surface area (Å²) in [6.45, 7) is 4.80. The molecule has 0 spiro atoms. The lowest BCUT2D eigenvalue weighted by atomic mass is 10.3. The Hall–Kier alpha value is -2.30. The van der Waals surface area contributed by atoms with Crippen LogP contribution in [0.1, 0.15) is 6.42 Å². The smallest absolute Gasteiger partial charge is 0.373 e. The monoisotopic (exact) mass is 437 g/mol. The molecule has 2 heterocycles. The summed E-state index contributed by atoms with van der Waals surface area (Å²) in [7, 11) is 0. The lowest BCUT2D eigenvalue weighted by Crippen LogP contribution is -2.37. The fraction of sp³-hybridized carbons (Fsp3) is 0.412. The zero-order valence-corrected chi connectivity index (χ0v) is 16.2. The van der Waals surface area contributed by atoms with E-state index >= 15 is 0 Å². The topological polar surface area (TPSA) is 103 Å². The fourth-order valence-electron chi connectivity index (χ4n) is 2.68. The van der Waals surface area contributed by atoms with Crippen LogP contribution in [0.2, 0.25) is 0 Å². The molecule has 1 aromatic carbocycles. The SMILES string of the molecule is O=[N+]([O-])c1c(NCCCN2CCOCC2)ncnc1Oc1ccc(Br)cc1. The van der Waals surface area contributed by atoms with E-state index in [1.807, 2.05) is 0 Å². The van der Waals surface area contributed by atoms with Crippen LogP contribution in [0.25, 0.3) is 0 Å². The molecule has 27 heavy (non-hydrogen) atoms. The standard InChI is InChI=1S/C17H20BrN5O4/c18-13-2-4-14(5-3-13)27-17-15(23(24)25)16(20-12-21-17)19-6-1-7-22-8-10-26-11-9-22/h2-5,12H,1,6-11H2,(H,19,20,21). The molecule has 0 radical (unpaired) electrons. The van der Waals surface area contributed by atoms with Crippen molar-refractivity contribution in [2.45, 2.75) is 6.42 Å². The summed E-state index contributed by atoms with van der Waals surface area (Å²) in [4.78, 5) is 21.3.